The molecule has 1 heterocycles. The number of amides is 1. The summed E-state index contributed by atoms with van der Waals surface area (Å²) < 4.78 is 5.03. The molecule has 0 aliphatic rings. The van der Waals surface area contributed by atoms with Crippen LogP contribution in [0.2, 0.25) is 0 Å². The summed E-state index contributed by atoms with van der Waals surface area (Å²) in [7, 11) is 0. The van der Waals surface area contributed by atoms with Gasteiger partial charge in [-0.05, 0) is 11.1 Å². The average molecular weight is 233 g/mol. The normalized spacial score (nSPS) is 10.1. The lowest BCUT2D eigenvalue weighted by Gasteiger charge is -2.02. The first-order valence-corrected chi connectivity index (χ1v) is 5.03. The van der Waals surface area contributed by atoms with Crippen molar-refractivity contribution >= 4 is 6.09 Å². The smallest absolute Gasteiger partial charge is 0.404 e. The number of benzene rings is 1. The van der Waals surface area contributed by atoms with Gasteiger partial charge in [-0.15, -0.1) is 10.2 Å². The fourth-order valence-electron chi connectivity index (χ4n) is 1.40. The Morgan fingerprint density at radius 3 is 2.59 bits per heavy atom. The predicted molar refractivity (Wildman–Crippen MR) is 58.4 cm³/mol. The molecular formula is C11H11N3O3. The van der Waals surface area contributed by atoms with Crippen molar-refractivity contribution in [2.75, 3.05) is 0 Å². The van der Waals surface area contributed by atoms with E-state index in [1.807, 2.05) is 24.3 Å². The Morgan fingerprint density at radius 1 is 1.29 bits per heavy atom. The predicted octanol–water partition coefficient (Wildman–Crippen LogP) is 1.43. The van der Waals surface area contributed by atoms with E-state index in [0.717, 1.165) is 11.1 Å². The molecule has 2 N–H and O–H groups in total. The van der Waals surface area contributed by atoms with Gasteiger partial charge < -0.3 is 14.8 Å². The first-order valence-electron chi connectivity index (χ1n) is 5.03. The van der Waals surface area contributed by atoms with Gasteiger partial charge in [-0.1, -0.05) is 24.3 Å². The Balaban J connectivity index is 1.95. The van der Waals surface area contributed by atoms with Crippen LogP contribution in [0.1, 0.15) is 17.0 Å². The van der Waals surface area contributed by atoms with E-state index in [0.29, 0.717) is 18.9 Å². The summed E-state index contributed by atoms with van der Waals surface area (Å²) in [5.74, 6) is 0.557. The SMILES string of the molecule is O=C(O)NCc1ccc(Cc2nnco2)cc1. The third kappa shape index (κ3) is 3.30. The zero-order valence-corrected chi connectivity index (χ0v) is 8.96. The third-order valence-electron chi connectivity index (χ3n) is 2.23. The molecular weight excluding hydrogens is 222 g/mol. The Morgan fingerprint density at radius 2 is 2.00 bits per heavy atom. The molecule has 6 nitrogen and oxygen atoms in total. The number of hydrogen-bond donors (Lipinski definition) is 2. The van der Waals surface area contributed by atoms with Crippen LogP contribution in [0.4, 0.5) is 4.79 Å². The molecule has 0 aliphatic carbocycles. The van der Waals surface area contributed by atoms with Gasteiger partial charge in [-0.2, -0.15) is 0 Å². The van der Waals surface area contributed by atoms with Gasteiger partial charge in [0.05, 0.1) is 6.42 Å². The molecule has 0 bridgehead atoms. The van der Waals surface area contributed by atoms with Crippen LogP contribution < -0.4 is 5.32 Å². The van der Waals surface area contributed by atoms with Gasteiger partial charge in [0, 0.05) is 6.54 Å². The van der Waals surface area contributed by atoms with E-state index < -0.39 is 6.09 Å². The fourth-order valence-corrected chi connectivity index (χ4v) is 1.40. The summed E-state index contributed by atoms with van der Waals surface area (Å²) in [6, 6.07) is 7.54. The molecule has 1 aromatic carbocycles. The average Bonchev–Trinajstić information content (AvgIpc) is 2.81. The van der Waals surface area contributed by atoms with Crippen LogP contribution in [0.5, 0.6) is 0 Å². The first-order chi connectivity index (χ1) is 8.24. The second-order valence-corrected chi connectivity index (χ2v) is 3.48. The van der Waals surface area contributed by atoms with E-state index >= 15 is 0 Å². The van der Waals surface area contributed by atoms with Crippen molar-refractivity contribution in [1.29, 1.82) is 0 Å². The second-order valence-electron chi connectivity index (χ2n) is 3.48. The molecule has 1 aromatic heterocycles. The van der Waals surface area contributed by atoms with Crippen molar-refractivity contribution in [3.05, 3.63) is 47.7 Å². The Labute approximate surface area is 97.3 Å². The Kier molecular flexibility index (Phi) is 3.34. The van der Waals surface area contributed by atoms with Crippen molar-refractivity contribution in [1.82, 2.24) is 15.5 Å². The summed E-state index contributed by atoms with van der Waals surface area (Å²) >= 11 is 0. The van der Waals surface area contributed by atoms with Gasteiger partial charge >= 0.3 is 6.09 Å². The number of nitrogens with zero attached hydrogens (tertiary/aromatic N) is 2. The summed E-state index contributed by atoms with van der Waals surface area (Å²) in [6.07, 6.45) is 0.840. The second kappa shape index (κ2) is 5.11. The Hall–Kier alpha value is -2.37. The molecule has 0 saturated heterocycles. The number of carboxylic acid groups (broad SMARTS) is 1. The fraction of sp³-hybridized carbons (Fsp3) is 0.182. The van der Waals surface area contributed by atoms with E-state index in [2.05, 4.69) is 15.5 Å². The van der Waals surface area contributed by atoms with Crippen molar-refractivity contribution in [2.45, 2.75) is 13.0 Å². The minimum Gasteiger partial charge on any atom is -0.465 e. The maximum Gasteiger partial charge on any atom is 0.404 e. The molecule has 0 atom stereocenters. The number of hydrogen-bond acceptors (Lipinski definition) is 4. The molecule has 0 fully saturated rings. The monoisotopic (exact) mass is 233 g/mol. The van der Waals surface area contributed by atoms with Crippen LogP contribution in [-0.2, 0) is 13.0 Å². The van der Waals surface area contributed by atoms with E-state index in [9.17, 15) is 4.79 Å². The summed E-state index contributed by atoms with van der Waals surface area (Å²) in [4.78, 5) is 10.3. The van der Waals surface area contributed by atoms with Crippen LogP contribution in [0.25, 0.3) is 0 Å². The topological polar surface area (TPSA) is 88.2 Å². The zero-order chi connectivity index (χ0) is 12.1. The van der Waals surface area contributed by atoms with Crippen molar-refractivity contribution in [3.63, 3.8) is 0 Å². The van der Waals surface area contributed by atoms with Crippen molar-refractivity contribution in [3.8, 4) is 0 Å². The molecule has 6 heteroatoms. The van der Waals surface area contributed by atoms with Gasteiger partial charge in [0.15, 0.2) is 0 Å². The number of aromatic nitrogens is 2. The lowest BCUT2D eigenvalue weighted by molar-refractivity contribution is 0.194. The maximum atomic E-state index is 10.3. The van der Waals surface area contributed by atoms with Crippen molar-refractivity contribution in [2.24, 2.45) is 0 Å². The van der Waals surface area contributed by atoms with E-state index in [1.54, 1.807) is 0 Å². The summed E-state index contributed by atoms with van der Waals surface area (Å²) in [5.41, 5.74) is 1.94. The Bertz CT molecular complexity index is 479. The minimum absolute atomic E-state index is 0.302. The van der Waals surface area contributed by atoms with Gasteiger partial charge in [-0.25, -0.2) is 4.79 Å². The highest BCUT2D eigenvalue weighted by atomic mass is 16.4. The molecule has 17 heavy (non-hydrogen) atoms. The van der Waals surface area contributed by atoms with Gasteiger partial charge in [-0.3, -0.25) is 0 Å². The van der Waals surface area contributed by atoms with Gasteiger partial charge in [0.2, 0.25) is 12.3 Å². The number of rotatable bonds is 4. The molecule has 88 valence electrons. The lowest BCUT2D eigenvalue weighted by atomic mass is 10.1. The minimum atomic E-state index is -1.03. The highest BCUT2D eigenvalue weighted by Crippen LogP contribution is 2.08. The van der Waals surface area contributed by atoms with Crippen LogP contribution in [0, 0.1) is 0 Å². The van der Waals surface area contributed by atoms with Crippen LogP contribution in [0.3, 0.4) is 0 Å². The highest BCUT2D eigenvalue weighted by molar-refractivity contribution is 5.64. The highest BCUT2D eigenvalue weighted by Gasteiger charge is 2.02. The zero-order valence-electron chi connectivity index (χ0n) is 8.96. The van der Waals surface area contributed by atoms with E-state index in [-0.39, 0.29) is 0 Å². The van der Waals surface area contributed by atoms with E-state index in [4.69, 9.17) is 9.52 Å². The van der Waals surface area contributed by atoms with Crippen LogP contribution >= 0.6 is 0 Å². The van der Waals surface area contributed by atoms with Gasteiger partial charge in [0.1, 0.15) is 0 Å². The molecule has 0 unspecified atom stereocenters. The molecule has 0 aliphatic heterocycles. The molecule has 0 radical (unpaired) electrons. The molecule has 0 saturated carbocycles. The number of carbonyl (C=O) groups is 1. The maximum absolute atomic E-state index is 10.3. The standard InChI is InChI=1S/C11H11N3O3/c15-11(16)12-6-9-3-1-8(2-4-9)5-10-14-13-7-17-10/h1-4,7,12H,5-6H2,(H,15,16). The largest absolute Gasteiger partial charge is 0.465 e. The third-order valence-corrected chi connectivity index (χ3v) is 2.23. The molecule has 1 amide bonds. The van der Waals surface area contributed by atoms with Crippen LogP contribution in [-0.4, -0.2) is 21.4 Å². The first kappa shape index (κ1) is 11.1. The summed E-state index contributed by atoms with van der Waals surface area (Å²) in [5, 5.41) is 18.1. The van der Waals surface area contributed by atoms with Crippen LogP contribution in [0.15, 0.2) is 35.1 Å². The van der Waals surface area contributed by atoms with E-state index in [1.165, 1.54) is 6.39 Å². The lowest BCUT2D eigenvalue weighted by Crippen LogP contribution is -2.19. The van der Waals surface area contributed by atoms with Gasteiger partial charge in [0.25, 0.3) is 0 Å². The molecule has 2 aromatic rings. The molecule has 2 rings (SSSR count). The van der Waals surface area contributed by atoms with Crippen molar-refractivity contribution < 1.29 is 14.3 Å². The quantitative estimate of drug-likeness (QED) is 0.833. The number of nitrogens with one attached hydrogen (secondary N) is 1. The molecule has 0 spiro atoms. The summed E-state index contributed by atoms with van der Waals surface area (Å²) in [6.45, 7) is 0.302.